The molecule has 168 valence electrons. The molecule has 3 aromatic rings. The predicted molar refractivity (Wildman–Crippen MR) is 126 cm³/mol. The van der Waals surface area contributed by atoms with Crippen LogP contribution in [0.1, 0.15) is 22.5 Å². The molecule has 2 aromatic carbocycles. The molecule has 1 saturated heterocycles. The number of carbonyl (C=O) groups excluding carboxylic acids is 1. The average molecular weight is 438 g/mol. The number of hydrogen-bond acceptors (Lipinski definition) is 5. The van der Waals surface area contributed by atoms with Gasteiger partial charge in [-0.3, -0.25) is 14.5 Å². The van der Waals surface area contributed by atoms with Gasteiger partial charge in [-0.05, 0) is 61.9 Å². The smallest absolute Gasteiger partial charge is 0.256 e. The molecule has 1 fully saturated rings. The van der Waals surface area contributed by atoms with Crippen molar-refractivity contribution in [3.8, 4) is 0 Å². The highest BCUT2D eigenvalue weighted by molar-refractivity contribution is 5.94. The Morgan fingerprint density at radius 2 is 1.81 bits per heavy atom. The van der Waals surface area contributed by atoms with E-state index in [0.29, 0.717) is 10.9 Å². The van der Waals surface area contributed by atoms with Crippen molar-refractivity contribution in [2.75, 3.05) is 50.4 Å². The Morgan fingerprint density at radius 1 is 1.09 bits per heavy atom. The Kier molecular flexibility index (Phi) is 6.41. The maximum atomic E-state index is 13.5. The van der Waals surface area contributed by atoms with E-state index in [0.717, 1.165) is 56.9 Å². The van der Waals surface area contributed by atoms with Crippen molar-refractivity contribution in [3.05, 3.63) is 69.9 Å². The van der Waals surface area contributed by atoms with Crippen molar-refractivity contribution in [3.63, 3.8) is 0 Å². The molecule has 4 N–H and O–H groups in total. The number of nitrogen functional groups attached to an aromatic ring is 1. The highest BCUT2D eigenvalue weighted by atomic mass is 19.1. The van der Waals surface area contributed by atoms with Crippen LogP contribution in [0.2, 0.25) is 0 Å². The number of nitrogens with two attached hydrogens (primary N) is 1. The van der Waals surface area contributed by atoms with Gasteiger partial charge in [0.2, 0.25) is 0 Å². The number of hydrogen-bond donors (Lipinski definition) is 3. The summed E-state index contributed by atoms with van der Waals surface area (Å²) in [5, 5.41) is 3.52. The Morgan fingerprint density at radius 3 is 2.50 bits per heavy atom. The zero-order valence-corrected chi connectivity index (χ0v) is 18.2. The molecular formula is C24H28FN5O2. The molecule has 1 aliphatic rings. The van der Waals surface area contributed by atoms with Crippen molar-refractivity contribution in [1.29, 1.82) is 0 Å². The first kappa shape index (κ1) is 21.8. The summed E-state index contributed by atoms with van der Waals surface area (Å²) in [5.74, 6) is -0.584. The number of rotatable bonds is 6. The van der Waals surface area contributed by atoms with Gasteiger partial charge in [0, 0.05) is 61.2 Å². The highest BCUT2D eigenvalue weighted by Gasteiger charge is 2.17. The van der Waals surface area contributed by atoms with Crippen LogP contribution < -0.4 is 21.5 Å². The van der Waals surface area contributed by atoms with E-state index in [9.17, 15) is 14.0 Å². The van der Waals surface area contributed by atoms with Gasteiger partial charge in [-0.15, -0.1) is 0 Å². The fourth-order valence-corrected chi connectivity index (χ4v) is 4.24. The van der Waals surface area contributed by atoms with E-state index in [1.165, 1.54) is 12.1 Å². The molecule has 0 radical (unpaired) electrons. The van der Waals surface area contributed by atoms with E-state index in [4.69, 9.17) is 5.73 Å². The number of H-pyrrole nitrogens is 1. The van der Waals surface area contributed by atoms with E-state index in [-0.39, 0.29) is 22.5 Å². The number of benzene rings is 2. The van der Waals surface area contributed by atoms with Crippen LogP contribution in [0, 0.1) is 5.82 Å². The van der Waals surface area contributed by atoms with Crippen molar-refractivity contribution < 1.29 is 9.18 Å². The first-order valence-electron chi connectivity index (χ1n) is 10.8. The van der Waals surface area contributed by atoms with Gasteiger partial charge in [0.15, 0.2) is 0 Å². The Bertz CT molecular complexity index is 1170. The number of amides is 1. The topological polar surface area (TPSA) is 94.5 Å². The van der Waals surface area contributed by atoms with Crippen LogP contribution in [0.15, 0.2) is 47.3 Å². The highest BCUT2D eigenvalue weighted by Crippen LogP contribution is 2.21. The molecule has 2 heterocycles. The number of nitrogens with zero attached hydrogens (tertiary/aromatic N) is 2. The lowest BCUT2D eigenvalue weighted by Gasteiger charge is -2.36. The normalized spacial score (nSPS) is 14.6. The molecule has 4 rings (SSSR count). The van der Waals surface area contributed by atoms with Crippen molar-refractivity contribution >= 4 is 28.1 Å². The Balaban J connectivity index is 1.29. The van der Waals surface area contributed by atoms with Gasteiger partial charge >= 0.3 is 0 Å². The summed E-state index contributed by atoms with van der Waals surface area (Å²) in [6, 6.07) is 12.0. The molecule has 0 spiro atoms. The number of nitrogens with one attached hydrogen (secondary N) is 2. The first-order valence-corrected chi connectivity index (χ1v) is 10.8. The molecule has 1 aromatic heterocycles. The van der Waals surface area contributed by atoms with E-state index in [2.05, 4.69) is 20.1 Å². The summed E-state index contributed by atoms with van der Waals surface area (Å²) in [4.78, 5) is 31.6. The van der Waals surface area contributed by atoms with E-state index < -0.39 is 5.82 Å². The van der Waals surface area contributed by atoms with Crippen LogP contribution in [-0.4, -0.2) is 55.6 Å². The van der Waals surface area contributed by atoms with Gasteiger partial charge in [0.25, 0.3) is 11.5 Å². The van der Waals surface area contributed by atoms with Gasteiger partial charge in [-0.25, -0.2) is 4.39 Å². The molecule has 0 atom stereocenters. The van der Waals surface area contributed by atoms with Gasteiger partial charge in [0.05, 0.1) is 5.39 Å². The molecule has 8 heteroatoms. The number of aromatic amines is 1. The predicted octanol–water partition coefficient (Wildman–Crippen LogP) is 2.36. The number of aryl methyl sites for hydroxylation is 1. The summed E-state index contributed by atoms with van der Waals surface area (Å²) in [5.41, 5.74) is 8.49. The number of halogens is 1. The minimum absolute atomic E-state index is 0.0796. The van der Waals surface area contributed by atoms with E-state index >= 15 is 0 Å². The molecule has 32 heavy (non-hydrogen) atoms. The van der Waals surface area contributed by atoms with Gasteiger partial charge in [0.1, 0.15) is 5.82 Å². The van der Waals surface area contributed by atoms with Crippen LogP contribution in [-0.2, 0) is 6.42 Å². The van der Waals surface area contributed by atoms with Crippen molar-refractivity contribution in [1.82, 2.24) is 15.2 Å². The number of carbonyl (C=O) groups is 1. The quantitative estimate of drug-likeness (QED) is 0.515. The second-order valence-electron chi connectivity index (χ2n) is 8.14. The molecule has 1 aliphatic heterocycles. The minimum atomic E-state index is -0.505. The number of anilines is 2. The zero-order chi connectivity index (χ0) is 22.7. The lowest BCUT2D eigenvalue weighted by molar-refractivity contribution is 0.0963. The molecule has 0 saturated carbocycles. The van der Waals surface area contributed by atoms with Crippen LogP contribution in [0.3, 0.4) is 0 Å². The molecule has 0 bridgehead atoms. The number of fused-ring (bicyclic) bond motifs is 1. The molecule has 0 unspecified atom stereocenters. The van der Waals surface area contributed by atoms with E-state index in [1.54, 1.807) is 7.05 Å². The van der Waals surface area contributed by atoms with Crippen LogP contribution >= 0.6 is 0 Å². The Hall–Kier alpha value is -3.39. The molecular weight excluding hydrogens is 409 g/mol. The second kappa shape index (κ2) is 9.40. The average Bonchev–Trinajstić information content (AvgIpc) is 2.80. The summed E-state index contributed by atoms with van der Waals surface area (Å²) in [6.07, 6.45) is 1.63. The lowest BCUT2D eigenvalue weighted by Crippen LogP contribution is -2.46. The largest absolute Gasteiger partial charge is 0.398 e. The standard InChI is InChI=1S/C24H28FN5O2/c1-27-23(31)16-4-6-19(7-5-16)30-11-9-29(10-12-30)8-2-3-18-15-20-21(24(32)28-18)13-17(25)14-22(20)26/h4-7,13-15H,2-3,8-12,26H2,1H3,(H,27,31)(H,28,32). The minimum Gasteiger partial charge on any atom is -0.398 e. The van der Waals surface area contributed by atoms with Crippen molar-refractivity contribution in [2.24, 2.45) is 0 Å². The molecule has 1 amide bonds. The first-order chi connectivity index (χ1) is 15.4. The fourth-order valence-electron chi connectivity index (χ4n) is 4.24. The third-order valence-corrected chi connectivity index (χ3v) is 6.03. The van der Waals surface area contributed by atoms with Gasteiger partial charge < -0.3 is 20.9 Å². The third-order valence-electron chi connectivity index (χ3n) is 6.03. The zero-order valence-electron chi connectivity index (χ0n) is 18.2. The third kappa shape index (κ3) is 4.75. The summed E-state index contributed by atoms with van der Waals surface area (Å²) >= 11 is 0. The number of aromatic nitrogens is 1. The van der Waals surface area contributed by atoms with Crippen LogP contribution in [0.25, 0.3) is 10.8 Å². The van der Waals surface area contributed by atoms with Crippen LogP contribution in [0.4, 0.5) is 15.8 Å². The van der Waals surface area contributed by atoms with Crippen molar-refractivity contribution in [2.45, 2.75) is 12.8 Å². The second-order valence-corrected chi connectivity index (χ2v) is 8.14. The number of pyridine rings is 1. The molecule has 0 aliphatic carbocycles. The van der Waals surface area contributed by atoms with Crippen LogP contribution in [0.5, 0.6) is 0 Å². The number of piperazine rings is 1. The monoisotopic (exact) mass is 437 g/mol. The fraction of sp³-hybridized carbons (Fsp3) is 0.333. The lowest BCUT2D eigenvalue weighted by atomic mass is 10.1. The SMILES string of the molecule is CNC(=O)c1ccc(N2CCN(CCCc3cc4c(N)cc(F)cc4c(=O)[nH]3)CC2)cc1. The Labute approximate surface area is 186 Å². The van der Waals surface area contributed by atoms with Gasteiger partial charge in [-0.1, -0.05) is 0 Å². The summed E-state index contributed by atoms with van der Waals surface area (Å²) in [6.45, 7) is 4.69. The molecule has 7 nitrogen and oxygen atoms in total. The van der Waals surface area contributed by atoms with Gasteiger partial charge in [-0.2, -0.15) is 0 Å². The summed E-state index contributed by atoms with van der Waals surface area (Å²) in [7, 11) is 1.63. The summed E-state index contributed by atoms with van der Waals surface area (Å²) < 4.78 is 13.5. The maximum absolute atomic E-state index is 13.5. The maximum Gasteiger partial charge on any atom is 0.256 e. The van der Waals surface area contributed by atoms with E-state index in [1.807, 2.05) is 30.3 Å².